The maximum atomic E-state index is 6.26. The quantitative estimate of drug-likeness (QED) is 0.859. The van der Waals surface area contributed by atoms with Crippen LogP contribution in [-0.2, 0) is 9.47 Å². The number of rotatable bonds is 6. The summed E-state index contributed by atoms with van der Waals surface area (Å²) in [6.07, 6.45) is 2.80. The van der Waals surface area contributed by atoms with E-state index >= 15 is 0 Å². The van der Waals surface area contributed by atoms with E-state index in [0.717, 1.165) is 17.1 Å². The molecular formula is C14H18ClNO2. The molecule has 1 atom stereocenters. The van der Waals surface area contributed by atoms with Crippen molar-refractivity contribution in [3.8, 4) is 0 Å². The van der Waals surface area contributed by atoms with Gasteiger partial charge in [-0.2, -0.15) is 0 Å². The smallest absolute Gasteiger partial charge is 0.105 e. The lowest BCUT2D eigenvalue weighted by atomic mass is 10.1. The highest BCUT2D eigenvalue weighted by molar-refractivity contribution is 6.31. The first-order chi connectivity index (χ1) is 8.83. The highest BCUT2D eigenvalue weighted by Crippen LogP contribution is 2.29. The van der Waals surface area contributed by atoms with Crippen LogP contribution < -0.4 is 5.32 Å². The Labute approximate surface area is 112 Å². The van der Waals surface area contributed by atoms with Crippen LogP contribution in [0.2, 0.25) is 5.02 Å². The standard InChI is InChI=1S/C14H18ClNO2/c15-13-4-2-1-3-12(13)14(7-16-10-5-6-10)18-11-8-17-9-11/h1-4,10-11,14,16H,5-9H2. The monoisotopic (exact) mass is 267 g/mol. The van der Waals surface area contributed by atoms with Crippen molar-refractivity contribution in [2.45, 2.75) is 31.1 Å². The van der Waals surface area contributed by atoms with Crippen LogP contribution in [0.25, 0.3) is 0 Å². The molecule has 3 nitrogen and oxygen atoms in total. The number of halogens is 1. The van der Waals surface area contributed by atoms with E-state index in [4.69, 9.17) is 21.1 Å². The summed E-state index contributed by atoms with van der Waals surface area (Å²) in [5.74, 6) is 0. The summed E-state index contributed by atoms with van der Waals surface area (Å²) in [5, 5.41) is 4.29. The highest BCUT2D eigenvalue weighted by Gasteiger charge is 2.28. The molecular weight excluding hydrogens is 250 g/mol. The number of nitrogens with one attached hydrogen (secondary N) is 1. The van der Waals surface area contributed by atoms with E-state index in [9.17, 15) is 0 Å². The van der Waals surface area contributed by atoms with E-state index in [-0.39, 0.29) is 12.2 Å². The molecule has 2 aliphatic rings. The SMILES string of the molecule is Clc1ccccc1C(CNC1CC1)OC1COC1. The molecule has 1 aromatic carbocycles. The van der Waals surface area contributed by atoms with Crippen LogP contribution in [0.15, 0.2) is 24.3 Å². The third-order valence-electron chi connectivity index (χ3n) is 3.39. The van der Waals surface area contributed by atoms with Crippen molar-refractivity contribution in [2.24, 2.45) is 0 Å². The molecule has 3 rings (SSSR count). The van der Waals surface area contributed by atoms with Gasteiger partial charge in [0.25, 0.3) is 0 Å². The minimum absolute atomic E-state index is 0.0215. The molecule has 18 heavy (non-hydrogen) atoms. The Morgan fingerprint density at radius 1 is 1.33 bits per heavy atom. The normalized spacial score (nSPS) is 21.6. The fourth-order valence-corrected chi connectivity index (χ4v) is 2.31. The van der Waals surface area contributed by atoms with Gasteiger partial charge < -0.3 is 14.8 Å². The molecule has 0 aromatic heterocycles. The summed E-state index contributed by atoms with van der Waals surface area (Å²) in [7, 11) is 0. The lowest BCUT2D eigenvalue weighted by Crippen LogP contribution is -2.39. The second-order valence-corrected chi connectivity index (χ2v) is 5.40. The van der Waals surface area contributed by atoms with Crippen LogP contribution in [0.4, 0.5) is 0 Å². The van der Waals surface area contributed by atoms with Crippen molar-refractivity contribution < 1.29 is 9.47 Å². The Kier molecular flexibility index (Phi) is 3.85. The van der Waals surface area contributed by atoms with Gasteiger partial charge in [0.15, 0.2) is 0 Å². The van der Waals surface area contributed by atoms with Crippen molar-refractivity contribution in [1.29, 1.82) is 0 Å². The zero-order valence-corrected chi connectivity index (χ0v) is 11.0. The Morgan fingerprint density at radius 2 is 2.11 bits per heavy atom. The first kappa shape index (κ1) is 12.4. The molecule has 1 unspecified atom stereocenters. The van der Waals surface area contributed by atoms with Gasteiger partial charge in [-0.3, -0.25) is 0 Å². The largest absolute Gasteiger partial charge is 0.376 e. The van der Waals surface area contributed by atoms with Gasteiger partial charge in [0.05, 0.1) is 19.3 Å². The van der Waals surface area contributed by atoms with Gasteiger partial charge in [-0.25, -0.2) is 0 Å². The molecule has 98 valence electrons. The Morgan fingerprint density at radius 3 is 2.72 bits per heavy atom. The summed E-state index contributed by atoms with van der Waals surface area (Å²) < 4.78 is 11.2. The molecule has 4 heteroatoms. The van der Waals surface area contributed by atoms with Crippen molar-refractivity contribution in [2.75, 3.05) is 19.8 Å². The zero-order valence-electron chi connectivity index (χ0n) is 10.3. The fraction of sp³-hybridized carbons (Fsp3) is 0.571. The molecule has 1 aliphatic heterocycles. The second kappa shape index (κ2) is 5.57. The molecule has 0 bridgehead atoms. The number of ether oxygens (including phenoxy) is 2. The summed E-state index contributed by atoms with van der Waals surface area (Å²) in [6.45, 7) is 2.22. The van der Waals surface area contributed by atoms with Crippen molar-refractivity contribution in [3.63, 3.8) is 0 Å². The van der Waals surface area contributed by atoms with E-state index in [0.29, 0.717) is 19.3 Å². The third kappa shape index (κ3) is 3.04. The van der Waals surface area contributed by atoms with Crippen LogP contribution in [0.5, 0.6) is 0 Å². The van der Waals surface area contributed by atoms with E-state index in [2.05, 4.69) is 5.32 Å². The Hall–Kier alpha value is -0.610. The topological polar surface area (TPSA) is 30.5 Å². The lowest BCUT2D eigenvalue weighted by Gasteiger charge is -2.31. The van der Waals surface area contributed by atoms with Crippen LogP contribution in [0, 0.1) is 0 Å². The third-order valence-corrected chi connectivity index (χ3v) is 3.73. The minimum Gasteiger partial charge on any atom is -0.376 e. The zero-order chi connectivity index (χ0) is 12.4. The molecule has 0 amide bonds. The summed E-state index contributed by atoms with van der Waals surface area (Å²) >= 11 is 6.26. The molecule has 1 aromatic rings. The van der Waals surface area contributed by atoms with Gasteiger partial charge in [-0.15, -0.1) is 0 Å². The highest BCUT2D eigenvalue weighted by atomic mass is 35.5. The molecule has 1 N–H and O–H groups in total. The fourth-order valence-electron chi connectivity index (χ4n) is 2.05. The average molecular weight is 268 g/mol. The lowest BCUT2D eigenvalue weighted by molar-refractivity contribution is -0.155. The van der Waals surface area contributed by atoms with Crippen LogP contribution in [0.3, 0.4) is 0 Å². The Balaban J connectivity index is 1.67. The average Bonchev–Trinajstić information content (AvgIpc) is 3.12. The predicted molar refractivity (Wildman–Crippen MR) is 70.9 cm³/mol. The minimum atomic E-state index is 0.0215. The van der Waals surface area contributed by atoms with E-state index in [1.165, 1.54) is 12.8 Å². The maximum Gasteiger partial charge on any atom is 0.105 e. The first-order valence-corrected chi connectivity index (χ1v) is 6.92. The Bertz CT molecular complexity index is 405. The van der Waals surface area contributed by atoms with Gasteiger partial charge >= 0.3 is 0 Å². The van der Waals surface area contributed by atoms with Crippen LogP contribution >= 0.6 is 11.6 Å². The van der Waals surface area contributed by atoms with E-state index in [1.54, 1.807) is 0 Å². The van der Waals surface area contributed by atoms with Crippen molar-refractivity contribution >= 4 is 11.6 Å². The van der Waals surface area contributed by atoms with E-state index < -0.39 is 0 Å². The molecule has 1 aliphatic carbocycles. The number of benzene rings is 1. The second-order valence-electron chi connectivity index (χ2n) is 4.99. The summed E-state index contributed by atoms with van der Waals surface area (Å²) in [4.78, 5) is 0. The predicted octanol–water partition coefficient (Wildman–Crippen LogP) is 2.55. The van der Waals surface area contributed by atoms with Gasteiger partial charge in [0, 0.05) is 23.2 Å². The first-order valence-electron chi connectivity index (χ1n) is 6.54. The van der Waals surface area contributed by atoms with Crippen LogP contribution in [0.1, 0.15) is 24.5 Å². The molecule has 1 heterocycles. The number of hydrogen-bond donors (Lipinski definition) is 1. The molecule has 0 radical (unpaired) electrons. The molecule has 2 fully saturated rings. The molecule has 0 spiro atoms. The van der Waals surface area contributed by atoms with Crippen molar-refractivity contribution in [1.82, 2.24) is 5.32 Å². The van der Waals surface area contributed by atoms with Crippen LogP contribution in [-0.4, -0.2) is 31.9 Å². The summed E-state index contributed by atoms with van der Waals surface area (Å²) in [5.41, 5.74) is 1.07. The van der Waals surface area contributed by atoms with Gasteiger partial charge in [0.1, 0.15) is 6.10 Å². The van der Waals surface area contributed by atoms with E-state index in [1.807, 2.05) is 24.3 Å². The van der Waals surface area contributed by atoms with Crippen molar-refractivity contribution in [3.05, 3.63) is 34.9 Å². The van der Waals surface area contributed by atoms with Gasteiger partial charge in [-0.1, -0.05) is 29.8 Å². The summed E-state index contributed by atoms with van der Waals surface area (Å²) in [6, 6.07) is 8.59. The van der Waals surface area contributed by atoms with Gasteiger partial charge in [-0.05, 0) is 18.9 Å². The maximum absolute atomic E-state index is 6.26. The number of hydrogen-bond acceptors (Lipinski definition) is 3. The molecule has 1 saturated carbocycles. The van der Waals surface area contributed by atoms with Gasteiger partial charge in [0.2, 0.25) is 0 Å². The molecule has 1 saturated heterocycles.